The summed E-state index contributed by atoms with van der Waals surface area (Å²) >= 11 is 5.80. The van der Waals surface area contributed by atoms with Gasteiger partial charge in [-0.25, -0.2) is 8.78 Å². The van der Waals surface area contributed by atoms with Gasteiger partial charge in [-0.3, -0.25) is 4.90 Å². The number of phenolic OH excluding ortho intramolecular Hbond substituents is 1. The van der Waals surface area contributed by atoms with E-state index in [0.717, 1.165) is 0 Å². The Bertz CT molecular complexity index is 468. The standard InChI is InChI=1S/C13H17ClF2N2O2/c14-10-7-9(1-2-11(10)20)12(13(15,16)8-19)18-5-3-17-4-6-18/h1-2,7,12,17,19-20H,3-6,8H2/t12-/m0/s1. The van der Waals surface area contributed by atoms with Crippen molar-refractivity contribution in [1.82, 2.24) is 10.2 Å². The number of nitrogens with zero attached hydrogens (tertiary/aromatic N) is 1. The van der Waals surface area contributed by atoms with Gasteiger partial charge in [-0.2, -0.15) is 0 Å². The predicted molar refractivity (Wildman–Crippen MR) is 72.3 cm³/mol. The van der Waals surface area contributed by atoms with Crippen molar-refractivity contribution in [2.24, 2.45) is 0 Å². The van der Waals surface area contributed by atoms with Crippen molar-refractivity contribution in [3.05, 3.63) is 28.8 Å². The minimum Gasteiger partial charge on any atom is -0.506 e. The van der Waals surface area contributed by atoms with Gasteiger partial charge in [-0.15, -0.1) is 0 Å². The van der Waals surface area contributed by atoms with Crippen LogP contribution >= 0.6 is 11.6 Å². The molecule has 1 atom stereocenters. The Morgan fingerprint density at radius 1 is 1.35 bits per heavy atom. The van der Waals surface area contributed by atoms with Gasteiger partial charge < -0.3 is 15.5 Å². The minimum atomic E-state index is -3.28. The van der Waals surface area contributed by atoms with Crippen LogP contribution in [0, 0.1) is 0 Å². The molecule has 0 unspecified atom stereocenters. The van der Waals surface area contributed by atoms with E-state index in [1.807, 2.05) is 0 Å². The van der Waals surface area contributed by atoms with Gasteiger partial charge in [-0.05, 0) is 17.7 Å². The molecule has 0 radical (unpaired) electrons. The van der Waals surface area contributed by atoms with Gasteiger partial charge in [0.25, 0.3) is 5.92 Å². The molecule has 0 aromatic heterocycles. The second kappa shape index (κ2) is 6.22. The molecular formula is C13H17ClF2N2O2. The fourth-order valence-electron chi connectivity index (χ4n) is 2.44. The van der Waals surface area contributed by atoms with Crippen LogP contribution in [-0.4, -0.2) is 53.8 Å². The van der Waals surface area contributed by atoms with Crippen molar-refractivity contribution < 1.29 is 19.0 Å². The number of rotatable bonds is 4. The first kappa shape index (κ1) is 15.4. The highest BCUT2D eigenvalue weighted by Crippen LogP contribution is 2.38. The van der Waals surface area contributed by atoms with E-state index in [1.54, 1.807) is 4.90 Å². The third-order valence-electron chi connectivity index (χ3n) is 3.42. The molecule has 2 rings (SSSR count). The number of nitrogens with one attached hydrogen (secondary N) is 1. The molecule has 20 heavy (non-hydrogen) atoms. The molecule has 112 valence electrons. The van der Waals surface area contributed by atoms with Crippen LogP contribution in [0.25, 0.3) is 0 Å². The van der Waals surface area contributed by atoms with Crippen LogP contribution in [0.2, 0.25) is 5.02 Å². The zero-order valence-corrected chi connectivity index (χ0v) is 11.6. The third kappa shape index (κ3) is 3.20. The van der Waals surface area contributed by atoms with Crippen molar-refractivity contribution >= 4 is 11.6 Å². The molecule has 4 nitrogen and oxygen atoms in total. The smallest absolute Gasteiger partial charge is 0.289 e. The zero-order chi connectivity index (χ0) is 14.8. The first-order chi connectivity index (χ1) is 9.45. The Kier molecular flexibility index (Phi) is 4.80. The number of alkyl halides is 2. The number of hydrogen-bond acceptors (Lipinski definition) is 4. The summed E-state index contributed by atoms with van der Waals surface area (Å²) in [6.07, 6.45) is 0. The highest BCUT2D eigenvalue weighted by molar-refractivity contribution is 6.32. The summed E-state index contributed by atoms with van der Waals surface area (Å²) in [5.74, 6) is -3.43. The number of phenols is 1. The van der Waals surface area contributed by atoms with E-state index in [2.05, 4.69) is 5.32 Å². The molecule has 0 spiro atoms. The van der Waals surface area contributed by atoms with Gasteiger partial charge in [0.2, 0.25) is 0 Å². The number of halogens is 3. The normalized spacial score (nSPS) is 19.0. The topological polar surface area (TPSA) is 55.7 Å². The average Bonchev–Trinajstić information content (AvgIpc) is 2.44. The lowest BCUT2D eigenvalue weighted by Crippen LogP contribution is -2.51. The van der Waals surface area contributed by atoms with Crippen LogP contribution in [0.15, 0.2) is 18.2 Å². The van der Waals surface area contributed by atoms with Gasteiger partial charge in [0, 0.05) is 26.2 Å². The second-order valence-corrected chi connectivity index (χ2v) is 5.23. The van der Waals surface area contributed by atoms with Gasteiger partial charge in [0.15, 0.2) is 0 Å². The first-order valence-corrected chi connectivity index (χ1v) is 6.75. The molecule has 0 amide bonds. The summed E-state index contributed by atoms with van der Waals surface area (Å²) in [5.41, 5.74) is 0.286. The lowest BCUT2D eigenvalue weighted by molar-refractivity contribution is -0.118. The van der Waals surface area contributed by atoms with Crippen LogP contribution < -0.4 is 5.32 Å². The number of aliphatic hydroxyl groups excluding tert-OH is 1. The van der Waals surface area contributed by atoms with Crippen LogP contribution in [0.1, 0.15) is 11.6 Å². The Labute approximate surface area is 121 Å². The van der Waals surface area contributed by atoms with E-state index in [0.29, 0.717) is 26.2 Å². The monoisotopic (exact) mass is 306 g/mol. The number of benzene rings is 1. The third-order valence-corrected chi connectivity index (χ3v) is 3.72. The quantitative estimate of drug-likeness (QED) is 0.791. The molecular weight excluding hydrogens is 290 g/mol. The van der Waals surface area contributed by atoms with Crippen molar-refractivity contribution in [2.75, 3.05) is 32.8 Å². The molecule has 3 N–H and O–H groups in total. The van der Waals surface area contributed by atoms with Gasteiger partial charge >= 0.3 is 0 Å². The van der Waals surface area contributed by atoms with Crippen molar-refractivity contribution in [3.8, 4) is 5.75 Å². The molecule has 1 saturated heterocycles. The molecule has 1 aromatic rings. The fourth-order valence-corrected chi connectivity index (χ4v) is 2.63. The highest BCUT2D eigenvalue weighted by atomic mass is 35.5. The Morgan fingerprint density at radius 2 is 2.00 bits per heavy atom. The predicted octanol–water partition coefficient (Wildman–Crippen LogP) is 1.62. The summed E-state index contributed by atoms with van der Waals surface area (Å²) in [6.45, 7) is 0.908. The van der Waals surface area contributed by atoms with E-state index in [-0.39, 0.29) is 16.3 Å². The van der Waals surface area contributed by atoms with E-state index in [1.165, 1.54) is 18.2 Å². The second-order valence-electron chi connectivity index (χ2n) is 4.82. The summed E-state index contributed by atoms with van der Waals surface area (Å²) in [7, 11) is 0. The summed E-state index contributed by atoms with van der Waals surface area (Å²) < 4.78 is 28.2. The Hall–Kier alpha value is -0.950. The largest absolute Gasteiger partial charge is 0.506 e. The maximum Gasteiger partial charge on any atom is 0.289 e. The first-order valence-electron chi connectivity index (χ1n) is 6.37. The van der Waals surface area contributed by atoms with E-state index < -0.39 is 18.6 Å². The molecule has 0 aliphatic carbocycles. The fraction of sp³-hybridized carbons (Fsp3) is 0.538. The lowest BCUT2D eigenvalue weighted by atomic mass is 9.98. The van der Waals surface area contributed by atoms with Gasteiger partial charge in [0.1, 0.15) is 18.4 Å². The maximum atomic E-state index is 14.1. The molecule has 1 fully saturated rings. The van der Waals surface area contributed by atoms with E-state index in [9.17, 15) is 13.9 Å². The van der Waals surface area contributed by atoms with Crippen molar-refractivity contribution in [2.45, 2.75) is 12.0 Å². The van der Waals surface area contributed by atoms with Crippen molar-refractivity contribution in [1.29, 1.82) is 0 Å². The van der Waals surface area contributed by atoms with Crippen molar-refractivity contribution in [3.63, 3.8) is 0 Å². The van der Waals surface area contributed by atoms with Crippen LogP contribution in [-0.2, 0) is 0 Å². The summed E-state index contributed by atoms with van der Waals surface area (Å²) in [6, 6.07) is 2.78. The number of piperazine rings is 1. The number of aromatic hydroxyl groups is 1. The summed E-state index contributed by atoms with van der Waals surface area (Å²) in [5, 5.41) is 21.5. The van der Waals surface area contributed by atoms with Crippen LogP contribution in [0.4, 0.5) is 8.78 Å². The maximum absolute atomic E-state index is 14.1. The Morgan fingerprint density at radius 3 is 2.55 bits per heavy atom. The molecule has 1 aliphatic rings. The van der Waals surface area contributed by atoms with E-state index in [4.69, 9.17) is 16.7 Å². The number of aliphatic hydroxyl groups is 1. The number of hydrogen-bond donors (Lipinski definition) is 3. The van der Waals surface area contributed by atoms with Crippen LogP contribution in [0.5, 0.6) is 5.75 Å². The minimum absolute atomic E-state index is 0.0244. The van der Waals surface area contributed by atoms with E-state index >= 15 is 0 Å². The molecule has 1 heterocycles. The molecule has 0 bridgehead atoms. The molecule has 1 aliphatic heterocycles. The Balaban J connectivity index is 2.36. The van der Waals surface area contributed by atoms with Crippen LogP contribution in [0.3, 0.4) is 0 Å². The highest BCUT2D eigenvalue weighted by Gasteiger charge is 2.44. The molecule has 0 saturated carbocycles. The molecule has 7 heteroatoms. The summed E-state index contributed by atoms with van der Waals surface area (Å²) in [4.78, 5) is 1.62. The average molecular weight is 307 g/mol. The van der Waals surface area contributed by atoms with Gasteiger partial charge in [0.05, 0.1) is 5.02 Å². The van der Waals surface area contributed by atoms with Gasteiger partial charge in [-0.1, -0.05) is 17.7 Å². The lowest BCUT2D eigenvalue weighted by Gasteiger charge is -2.38. The molecule has 1 aromatic carbocycles. The zero-order valence-electron chi connectivity index (χ0n) is 10.8. The SMILES string of the molecule is OCC(F)(F)[C@H](c1ccc(O)c(Cl)c1)N1CCNCC1.